The van der Waals surface area contributed by atoms with Crippen LogP contribution in [-0.2, 0) is 0 Å². The number of benzene rings is 2. The summed E-state index contributed by atoms with van der Waals surface area (Å²) in [5.41, 5.74) is 1.69. The van der Waals surface area contributed by atoms with Crippen LogP contribution in [0.2, 0.25) is 0 Å². The van der Waals surface area contributed by atoms with Gasteiger partial charge in [0.2, 0.25) is 5.75 Å². The molecule has 3 aromatic rings. The van der Waals surface area contributed by atoms with Gasteiger partial charge in [-0.2, -0.15) is 0 Å². The topological polar surface area (TPSA) is 75.8 Å². The average Bonchev–Trinajstić information content (AvgIpc) is 3.03. The number of aromatic nitrogens is 1. The second-order valence-corrected chi connectivity index (χ2v) is 5.04. The van der Waals surface area contributed by atoms with Crippen molar-refractivity contribution in [2.24, 2.45) is 0 Å². The Morgan fingerprint density at radius 2 is 1.62 bits per heavy atom. The van der Waals surface area contributed by atoms with E-state index in [2.05, 4.69) is 0 Å². The molecule has 2 aromatic carbocycles. The molecule has 1 heterocycles. The predicted molar refractivity (Wildman–Crippen MR) is 89.6 cm³/mol. The zero-order chi connectivity index (χ0) is 17.3. The fourth-order valence-corrected chi connectivity index (χ4v) is 2.72. The fourth-order valence-electron chi connectivity index (χ4n) is 2.72. The Morgan fingerprint density at radius 1 is 0.958 bits per heavy atom. The first kappa shape index (κ1) is 15.7. The zero-order valence-electron chi connectivity index (χ0n) is 13.5. The highest BCUT2D eigenvalue weighted by Crippen LogP contribution is 2.44. The van der Waals surface area contributed by atoms with E-state index in [1.54, 1.807) is 33.5 Å². The van der Waals surface area contributed by atoms with E-state index in [1.165, 1.54) is 12.1 Å². The highest BCUT2D eigenvalue weighted by Gasteiger charge is 2.18. The molecule has 24 heavy (non-hydrogen) atoms. The van der Waals surface area contributed by atoms with Crippen LogP contribution in [0.5, 0.6) is 17.2 Å². The third-order valence-corrected chi connectivity index (χ3v) is 3.84. The largest absolute Gasteiger partial charge is 0.493 e. The first-order valence-corrected chi connectivity index (χ1v) is 7.15. The van der Waals surface area contributed by atoms with Gasteiger partial charge in [-0.05, 0) is 18.2 Å². The van der Waals surface area contributed by atoms with E-state index in [9.17, 15) is 10.1 Å². The third kappa shape index (κ3) is 2.40. The number of fused-ring (bicyclic) bond motifs is 1. The van der Waals surface area contributed by atoms with Gasteiger partial charge in [0.25, 0.3) is 5.69 Å². The Bertz CT molecular complexity index is 899. The Kier molecular flexibility index (Phi) is 3.99. The molecular formula is C17H16N2O5. The number of rotatable bonds is 5. The van der Waals surface area contributed by atoms with Crippen LogP contribution in [0.4, 0.5) is 5.69 Å². The van der Waals surface area contributed by atoms with Crippen molar-refractivity contribution in [3.63, 3.8) is 0 Å². The number of ether oxygens (including phenoxy) is 3. The molecule has 124 valence electrons. The second-order valence-electron chi connectivity index (χ2n) is 5.04. The van der Waals surface area contributed by atoms with E-state index in [4.69, 9.17) is 14.2 Å². The van der Waals surface area contributed by atoms with Crippen LogP contribution in [-0.4, -0.2) is 30.8 Å². The standard InChI is InChI=1S/C17H16N2O5/c1-22-15-10-14-13(16(23-2)17(15)24-3)8-9-18(14)11-4-6-12(7-5-11)19(20)21/h4-10H,1-3H3. The summed E-state index contributed by atoms with van der Waals surface area (Å²) in [4.78, 5) is 10.4. The molecule has 0 radical (unpaired) electrons. The lowest BCUT2D eigenvalue weighted by Crippen LogP contribution is -1.97. The summed E-state index contributed by atoms with van der Waals surface area (Å²) in [6.45, 7) is 0. The first-order valence-electron chi connectivity index (χ1n) is 7.15. The summed E-state index contributed by atoms with van der Waals surface area (Å²) in [5, 5.41) is 11.7. The van der Waals surface area contributed by atoms with Crippen molar-refractivity contribution in [2.45, 2.75) is 0 Å². The number of nitro benzene ring substituents is 1. The van der Waals surface area contributed by atoms with Gasteiger partial charge in [-0.15, -0.1) is 0 Å². The Balaban J connectivity index is 2.21. The summed E-state index contributed by atoms with van der Waals surface area (Å²) in [6, 6.07) is 10.1. The molecule has 3 rings (SSSR count). The summed E-state index contributed by atoms with van der Waals surface area (Å²) in [7, 11) is 4.68. The number of hydrogen-bond donors (Lipinski definition) is 0. The van der Waals surface area contributed by atoms with Gasteiger partial charge in [-0.25, -0.2) is 0 Å². The van der Waals surface area contributed by atoms with Crippen molar-refractivity contribution in [2.75, 3.05) is 21.3 Å². The molecule has 0 amide bonds. The van der Waals surface area contributed by atoms with E-state index < -0.39 is 4.92 Å². The van der Waals surface area contributed by atoms with Gasteiger partial charge >= 0.3 is 0 Å². The second kappa shape index (κ2) is 6.11. The molecule has 0 aliphatic rings. The monoisotopic (exact) mass is 328 g/mol. The van der Waals surface area contributed by atoms with Crippen molar-refractivity contribution >= 4 is 16.6 Å². The van der Waals surface area contributed by atoms with Crippen LogP contribution in [0.1, 0.15) is 0 Å². The summed E-state index contributed by atoms with van der Waals surface area (Å²) < 4.78 is 18.2. The lowest BCUT2D eigenvalue weighted by Gasteiger charge is -2.14. The molecule has 0 bridgehead atoms. The fraction of sp³-hybridized carbons (Fsp3) is 0.176. The molecule has 0 aliphatic carbocycles. The van der Waals surface area contributed by atoms with E-state index in [1.807, 2.05) is 22.9 Å². The number of non-ortho nitro benzene ring substituents is 1. The molecule has 0 aliphatic heterocycles. The SMILES string of the molecule is COc1cc2c(ccn2-c2ccc([N+](=O)[O-])cc2)c(OC)c1OC. The maximum atomic E-state index is 10.8. The maximum Gasteiger partial charge on any atom is 0.269 e. The van der Waals surface area contributed by atoms with Gasteiger partial charge < -0.3 is 18.8 Å². The van der Waals surface area contributed by atoms with Crippen molar-refractivity contribution in [1.29, 1.82) is 0 Å². The molecule has 7 heteroatoms. The van der Waals surface area contributed by atoms with Crippen molar-refractivity contribution in [3.8, 4) is 22.9 Å². The van der Waals surface area contributed by atoms with Crippen LogP contribution in [0.3, 0.4) is 0 Å². The minimum Gasteiger partial charge on any atom is -0.493 e. The molecule has 0 N–H and O–H groups in total. The van der Waals surface area contributed by atoms with Crippen LogP contribution < -0.4 is 14.2 Å². The number of nitro groups is 1. The van der Waals surface area contributed by atoms with Crippen LogP contribution in [0.15, 0.2) is 42.6 Å². The molecule has 0 saturated heterocycles. The van der Waals surface area contributed by atoms with Gasteiger partial charge in [0, 0.05) is 35.5 Å². The van der Waals surface area contributed by atoms with Crippen molar-refractivity contribution < 1.29 is 19.1 Å². The maximum absolute atomic E-state index is 10.8. The molecule has 0 atom stereocenters. The minimum atomic E-state index is -0.422. The third-order valence-electron chi connectivity index (χ3n) is 3.84. The van der Waals surface area contributed by atoms with Gasteiger partial charge in [-0.3, -0.25) is 10.1 Å². The van der Waals surface area contributed by atoms with Crippen molar-refractivity contribution in [3.05, 3.63) is 52.7 Å². The number of methoxy groups -OCH3 is 3. The molecule has 0 saturated carbocycles. The lowest BCUT2D eigenvalue weighted by molar-refractivity contribution is -0.384. The normalized spacial score (nSPS) is 10.6. The highest BCUT2D eigenvalue weighted by molar-refractivity contribution is 5.92. The van der Waals surface area contributed by atoms with Gasteiger partial charge in [0.1, 0.15) is 0 Å². The van der Waals surface area contributed by atoms with Gasteiger partial charge in [-0.1, -0.05) is 0 Å². The molecular weight excluding hydrogens is 312 g/mol. The smallest absolute Gasteiger partial charge is 0.269 e. The Labute approximate surface area is 138 Å². The summed E-state index contributed by atoms with van der Waals surface area (Å²) in [5.74, 6) is 1.64. The van der Waals surface area contributed by atoms with E-state index in [-0.39, 0.29) is 5.69 Å². The van der Waals surface area contributed by atoms with Gasteiger partial charge in [0.05, 0.1) is 31.8 Å². The first-order chi connectivity index (χ1) is 11.6. The Morgan fingerprint density at radius 3 is 2.17 bits per heavy atom. The summed E-state index contributed by atoms with van der Waals surface area (Å²) in [6.07, 6.45) is 1.87. The van der Waals surface area contributed by atoms with Crippen LogP contribution in [0.25, 0.3) is 16.6 Å². The highest BCUT2D eigenvalue weighted by atomic mass is 16.6. The van der Waals surface area contributed by atoms with Crippen molar-refractivity contribution in [1.82, 2.24) is 4.57 Å². The van der Waals surface area contributed by atoms with Crippen LogP contribution in [0, 0.1) is 10.1 Å². The van der Waals surface area contributed by atoms with Crippen LogP contribution >= 0.6 is 0 Å². The van der Waals surface area contributed by atoms with E-state index in [0.29, 0.717) is 17.2 Å². The molecule has 1 aromatic heterocycles. The quantitative estimate of drug-likeness (QED) is 0.529. The summed E-state index contributed by atoms with van der Waals surface area (Å²) >= 11 is 0. The number of hydrogen-bond acceptors (Lipinski definition) is 5. The predicted octanol–water partition coefficient (Wildman–Crippen LogP) is 3.56. The minimum absolute atomic E-state index is 0.0482. The molecule has 0 fully saturated rings. The molecule has 0 spiro atoms. The van der Waals surface area contributed by atoms with E-state index in [0.717, 1.165) is 16.6 Å². The Hall–Kier alpha value is -3.22. The van der Waals surface area contributed by atoms with Gasteiger partial charge in [0.15, 0.2) is 11.5 Å². The zero-order valence-corrected chi connectivity index (χ0v) is 13.5. The number of nitrogens with zero attached hydrogens (tertiary/aromatic N) is 2. The molecule has 0 unspecified atom stereocenters. The van der Waals surface area contributed by atoms with E-state index >= 15 is 0 Å². The lowest BCUT2D eigenvalue weighted by atomic mass is 10.2. The molecule has 7 nitrogen and oxygen atoms in total. The average molecular weight is 328 g/mol.